The molecule has 0 spiro atoms. The minimum atomic E-state index is 0.256. The van der Waals surface area contributed by atoms with Crippen LogP contribution in [0.15, 0.2) is 12.1 Å². The molecule has 1 aromatic rings. The molecule has 2 fully saturated rings. The highest BCUT2D eigenvalue weighted by atomic mass is 16.5. The van der Waals surface area contributed by atoms with E-state index in [0.29, 0.717) is 17.9 Å². The number of likely N-dealkylation sites (tertiary alicyclic amines) is 1. The zero-order chi connectivity index (χ0) is 17.5. The van der Waals surface area contributed by atoms with E-state index in [-0.39, 0.29) is 6.61 Å². The third-order valence-electron chi connectivity index (χ3n) is 5.05. The Kier molecular flexibility index (Phi) is 7.66. The van der Waals surface area contributed by atoms with Gasteiger partial charge in [0.2, 0.25) is 0 Å². The van der Waals surface area contributed by atoms with Gasteiger partial charge in [0.25, 0.3) is 0 Å². The molecule has 136 valence electrons. The maximum Gasteiger partial charge on any atom is 0.0587 e. The van der Waals surface area contributed by atoms with Crippen LogP contribution in [0.4, 0.5) is 0 Å². The SMILES string of the molecule is CC.CC(C)c1ccc(C2CCOC2)c(CN2CCCC2CO)n1. The molecule has 3 heterocycles. The number of nitrogens with zero attached hydrogens (tertiary/aromatic N) is 2. The van der Waals surface area contributed by atoms with E-state index in [1.807, 2.05) is 13.8 Å². The van der Waals surface area contributed by atoms with Crippen molar-refractivity contribution in [2.24, 2.45) is 0 Å². The second-order valence-electron chi connectivity index (χ2n) is 6.94. The Labute approximate surface area is 147 Å². The molecule has 4 heteroatoms. The van der Waals surface area contributed by atoms with Crippen LogP contribution in [-0.4, -0.2) is 47.4 Å². The summed E-state index contributed by atoms with van der Waals surface area (Å²) in [5.41, 5.74) is 3.71. The summed E-state index contributed by atoms with van der Waals surface area (Å²) in [6.07, 6.45) is 3.37. The van der Waals surface area contributed by atoms with Gasteiger partial charge in [0.05, 0.1) is 18.9 Å². The molecule has 0 amide bonds. The molecule has 0 radical (unpaired) electrons. The predicted octanol–water partition coefficient (Wildman–Crippen LogP) is 3.69. The van der Waals surface area contributed by atoms with Crippen LogP contribution in [0, 0.1) is 0 Å². The Morgan fingerprint density at radius 1 is 1.29 bits per heavy atom. The van der Waals surface area contributed by atoms with Gasteiger partial charge >= 0.3 is 0 Å². The van der Waals surface area contributed by atoms with E-state index in [1.54, 1.807) is 0 Å². The number of aliphatic hydroxyl groups excluding tert-OH is 1. The molecule has 2 atom stereocenters. The highest BCUT2D eigenvalue weighted by Crippen LogP contribution is 2.30. The molecule has 0 saturated carbocycles. The van der Waals surface area contributed by atoms with Crippen LogP contribution >= 0.6 is 0 Å². The summed E-state index contributed by atoms with van der Waals surface area (Å²) in [6, 6.07) is 4.74. The van der Waals surface area contributed by atoms with Crippen molar-refractivity contribution < 1.29 is 9.84 Å². The van der Waals surface area contributed by atoms with Gasteiger partial charge in [0.15, 0.2) is 0 Å². The van der Waals surface area contributed by atoms with Crippen molar-refractivity contribution in [3.8, 4) is 0 Å². The summed E-state index contributed by atoms with van der Waals surface area (Å²) >= 11 is 0. The Morgan fingerprint density at radius 3 is 2.71 bits per heavy atom. The Balaban J connectivity index is 0.00000100. The van der Waals surface area contributed by atoms with Gasteiger partial charge in [-0.1, -0.05) is 33.8 Å². The number of aliphatic hydroxyl groups is 1. The summed E-state index contributed by atoms with van der Waals surface area (Å²) in [6.45, 7) is 12.2. The van der Waals surface area contributed by atoms with Crippen LogP contribution in [0.3, 0.4) is 0 Å². The fourth-order valence-electron chi connectivity index (χ4n) is 3.63. The van der Waals surface area contributed by atoms with Crippen molar-refractivity contribution >= 4 is 0 Å². The minimum absolute atomic E-state index is 0.256. The molecule has 2 unspecified atom stereocenters. The maximum atomic E-state index is 9.56. The zero-order valence-electron chi connectivity index (χ0n) is 15.8. The molecule has 1 aromatic heterocycles. The van der Waals surface area contributed by atoms with Crippen molar-refractivity contribution in [1.82, 2.24) is 9.88 Å². The first kappa shape index (κ1) is 19.4. The van der Waals surface area contributed by atoms with Gasteiger partial charge in [-0.15, -0.1) is 0 Å². The number of ether oxygens (including phenoxy) is 1. The summed E-state index contributed by atoms with van der Waals surface area (Å²) < 4.78 is 5.58. The monoisotopic (exact) mass is 334 g/mol. The van der Waals surface area contributed by atoms with E-state index in [1.165, 1.54) is 17.7 Å². The van der Waals surface area contributed by atoms with Gasteiger partial charge in [-0.2, -0.15) is 0 Å². The van der Waals surface area contributed by atoms with Crippen molar-refractivity contribution in [1.29, 1.82) is 0 Å². The van der Waals surface area contributed by atoms with Crippen molar-refractivity contribution in [3.63, 3.8) is 0 Å². The molecule has 4 nitrogen and oxygen atoms in total. The lowest BCUT2D eigenvalue weighted by Gasteiger charge is -2.25. The van der Waals surface area contributed by atoms with Crippen molar-refractivity contribution in [3.05, 3.63) is 29.1 Å². The number of aromatic nitrogens is 1. The average molecular weight is 335 g/mol. The summed E-state index contributed by atoms with van der Waals surface area (Å²) in [5, 5.41) is 9.56. The molecule has 0 aliphatic carbocycles. The lowest BCUT2D eigenvalue weighted by atomic mass is 9.95. The third-order valence-corrected chi connectivity index (χ3v) is 5.05. The van der Waals surface area contributed by atoms with Crippen LogP contribution in [0.5, 0.6) is 0 Å². The van der Waals surface area contributed by atoms with E-state index in [0.717, 1.165) is 44.8 Å². The minimum Gasteiger partial charge on any atom is -0.395 e. The number of hydrogen-bond acceptors (Lipinski definition) is 4. The highest BCUT2D eigenvalue weighted by Gasteiger charge is 2.27. The van der Waals surface area contributed by atoms with Crippen LogP contribution in [0.2, 0.25) is 0 Å². The van der Waals surface area contributed by atoms with Crippen molar-refractivity contribution in [2.75, 3.05) is 26.4 Å². The van der Waals surface area contributed by atoms with E-state index in [2.05, 4.69) is 30.9 Å². The molecule has 24 heavy (non-hydrogen) atoms. The highest BCUT2D eigenvalue weighted by molar-refractivity contribution is 5.29. The largest absolute Gasteiger partial charge is 0.395 e. The van der Waals surface area contributed by atoms with Crippen LogP contribution in [-0.2, 0) is 11.3 Å². The second-order valence-corrected chi connectivity index (χ2v) is 6.94. The predicted molar refractivity (Wildman–Crippen MR) is 98.4 cm³/mol. The van der Waals surface area contributed by atoms with Crippen molar-refractivity contribution in [2.45, 2.75) is 71.4 Å². The van der Waals surface area contributed by atoms with E-state index < -0.39 is 0 Å². The zero-order valence-corrected chi connectivity index (χ0v) is 15.8. The van der Waals surface area contributed by atoms with Gasteiger partial charge < -0.3 is 9.84 Å². The van der Waals surface area contributed by atoms with Gasteiger partial charge in [-0.25, -0.2) is 0 Å². The van der Waals surface area contributed by atoms with Gasteiger partial charge in [0, 0.05) is 30.8 Å². The molecule has 0 bridgehead atoms. The smallest absolute Gasteiger partial charge is 0.0587 e. The molecular weight excluding hydrogens is 300 g/mol. The van der Waals surface area contributed by atoms with E-state index in [4.69, 9.17) is 9.72 Å². The van der Waals surface area contributed by atoms with Crippen LogP contribution < -0.4 is 0 Å². The molecule has 3 rings (SSSR count). The molecule has 2 aliphatic heterocycles. The second kappa shape index (κ2) is 9.50. The first-order valence-corrected chi connectivity index (χ1v) is 9.61. The van der Waals surface area contributed by atoms with Crippen LogP contribution in [0.1, 0.15) is 75.7 Å². The lowest BCUT2D eigenvalue weighted by Crippen LogP contribution is -2.32. The van der Waals surface area contributed by atoms with Gasteiger partial charge in [0.1, 0.15) is 0 Å². The van der Waals surface area contributed by atoms with Gasteiger partial charge in [-0.3, -0.25) is 9.88 Å². The standard InChI is InChI=1S/C18H28N2O2.C2H6/c1-13(2)17-6-5-16(14-7-9-22-12-14)18(19-17)10-20-8-3-4-15(20)11-21;1-2/h5-6,13-15,21H,3-4,7-12H2,1-2H3;1-2H3. The molecule has 1 N–H and O–H groups in total. The Morgan fingerprint density at radius 2 is 2.08 bits per heavy atom. The molecule has 2 aliphatic rings. The third kappa shape index (κ3) is 4.56. The fraction of sp³-hybridized carbons (Fsp3) is 0.750. The average Bonchev–Trinajstić information content (AvgIpc) is 3.28. The molecule has 2 saturated heterocycles. The number of rotatable bonds is 5. The Hall–Kier alpha value is -0.970. The van der Waals surface area contributed by atoms with E-state index >= 15 is 0 Å². The van der Waals surface area contributed by atoms with Gasteiger partial charge in [-0.05, 0) is 43.4 Å². The maximum absolute atomic E-state index is 9.56. The Bertz CT molecular complexity index is 498. The summed E-state index contributed by atoms with van der Waals surface area (Å²) in [7, 11) is 0. The quantitative estimate of drug-likeness (QED) is 0.892. The number of pyridine rings is 1. The molecular formula is C20H34N2O2. The first-order valence-electron chi connectivity index (χ1n) is 9.61. The summed E-state index contributed by atoms with van der Waals surface area (Å²) in [4.78, 5) is 7.36. The summed E-state index contributed by atoms with van der Waals surface area (Å²) in [5.74, 6) is 0.929. The topological polar surface area (TPSA) is 45.6 Å². The fourth-order valence-corrected chi connectivity index (χ4v) is 3.63. The van der Waals surface area contributed by atoms with Crippen LogP contribution in [0.25, 0.3) is 0 Å². The number of hydrogen-bond donors (Lipinski definition) is 1. The lowest BCUT2D eigenvalue weighted by molar-refractivity contribution is 0.151. The van der Waals surface area contributed by atoms with E-state index in [9.17, 15) is 5.11 Å². The normalized spacial score (nSPS) is 24.2. The molecule has 0 aromatic carbocycles. The first-order chi connectivity index (χ1) is 11.7.